The smallest absolute Gasteiger partial charge is 0.328 e. The molecule has 7 nitrogen and oxygen atoms in total. The number of anilines is 1. The zero-order chi connectivity index (χ0) is 19.1. The molecule has 0 radical (unpaired) electrons. The number of rotatable bonds is 2. The van der Waals surface area contributed by atoms with Gasteiger partial charge in [0.05, 0.1) is 16.9 Å². The van der Waals surface area contributed by atoms with E-state index < -0.39 is 17.0 Å². The summed E-state index contributed by atoms with van der Waals surface area (Å²) in [5.41, 5.74) is -0.353. The number of urea groups is 1. The van der Waals surface area contributed by atoms with Crippen LogP contribution in [0.3, 0.4) is 0 Å². The van der Waals surface area contributed by atoms with Crippen molar-refractivity contribution in [3.05, 3.63) is 29.8 Å². The fraction of sp³-hybridized carbons (Fsp3) is 0.526. The van der Waals surface area contributed by atoms with Crippen LogP contribution in [-0.4, -0.2) is 53.1 Å². The first-order valence-electron chi connectivity index (χ1n) is 8.84. The normalized spacial score (nSPS) is 25.8. The number of hydrogen-bond acceptors (Lipinski definition) is 4. The highest BCUT2D eigenvalue weighted by Gasteiger charge is 2.45. The predicted octanol–water partition coefficient (Wildman–Crippen LogP) is 1.76. The first-order valence-corrected chi connectivity index (χ1v) is 8.84. The zero-order valence-electron chi connectivity index (χ0n) is 15.4. The summed E-state index contributed by atoms with van der Waals surface area (Å²) in [7, 11) is 0. The van der Waals surface area contributed by atoms with Crippen LogP contribution in [0.5, 0.6) is 0 Å². The summed E-state index contributed by atoms with van der Waals surface area (Å²) >= 11 is 0. The van der Waals surface area contributed by atoms with Crippen molar-refractivity contribution < 1.29 is 19.5 Å². The Morgan fingerprint density at radius 1 is 1.15 bits per heavy atom. The molecule has 140 valence electrons. The van der Waals surface area contributed by atoms with Crippen LogP contribution in [0.25, 0.3) is 0 Å². The monoisotopic (exact) mass is 359 g/mol. The lowest BCUT2D eigenvalue weighted by Gasteiger charge is -2.48. The van der Waals surface area contributed by atoms with E-state index in [1.165, 1.54) is 4.90 Å². The molecule has 1 aromatic carbocycles. The lowest BCUT2D eigenvalue weighted by molar-refractivity contribution is -0.120. The first-order chi connectivity index (χ1) is 12.1. The lowest BCUT2D eigenvalue weighted by Crippen LogP contribution is -2.57. The van der Waals surface area contributed by atoms with Crippen molar-refractivity contribution in [3.8, 4) is 0 Å². The molecule has 0 spiro atoms. The number of aliphatic hydroxyl groups is 1. The molecule has 0 saturated carbocycles. The number of piperidine rings is 1. The largest absolute Gasteiger partial charge is 0.389 e. The SMILES string of the molecule is CC1(C)CN(C(=O)c2ccccc2N2CCC(=O)NC2=O)CC[C@@]1(C)O. The highest BCUT2D eigenvalue weighted by Crippen LogP contribution is 2.39. The minimum atomic E-state index is -0.837. The van der Waals surface area contributed by atoms with Crippen molar-refractivity contribution in [1.82, 2.24) is 10.2 Å². The van der Waals surface area contributed by atoms with E-state index >= 15 is 0 Å². The molecular weight excluding hydrogens is 334 g/mol. The number of carbonyl (C=O) groups is 3. The topological polar surface area (TPSA) is 90.0 Å². The molecule has 2 fully saturated rings. The molecule has 2 aliphatic rings. The molecule has 4 amide bonds. The number of nitrogens with one attached hydrogen (secondary N) is 1. The van der Waals surface area contributed by atoms with E-state index in [2.05, 4.69) is 5.32 Å². The molecule has 2 N–H and O–H groups in total. The Kier molecular flexibility index (Phi) is 4.52. The molecule has 1 aromatic rings. The van der Waals surface area contributed by atoms with Gasteiger partial charge in [0, 0.05) is 31.5 Å². The van der Waals surface area contributed by atoms with Crippen LogP contribution in [0, 0.1) is 5.41 Å². The van der Waals surface area contributed by atoms with Gasteiger partial charge in [-0.05, 0) is 25.5 Å². The van der Waals surface area contributed by atoms with Gasteiger partial charge >= 0.3 is 6.03 Å². The molecule has 0 bridgehead atoms. The Morgan fingerprint density at radius 2 is 1.85 bits per heavy atom. The fourth-order valence-corrected chi connectivity index (χ4v) is 3.45. The number of carbonyl (C=O) groups excluding carboxylic acids is 3. The number of nitrogens with zero attached hydrogens (tertiary/aromatic N) is 2. The van der Waals surface area contributed by atoms with Gasteiger partial charge in [0.1, 0.15) is 0 Å². The number of benzene rings is 1. The van der Waals surface area contributed by atoms with E-state index in [1.807, 2.05) is 13.8 Å². The molecular formula is C19H25N3O4. The van der Waals surface area contributed by atoms with Gasteiger partial charge in [-0.25, -0.2) is 4.79 Å². The minimum Gasteiger partial charge on any atom is -0.389 e. The molecule has 0 unspecified atom stereocenters. The second-order valence-corrected chi connectivity index (χ2v) is 7.91. The van der Waals surface area contributed by atoms with Crippen molar-refractivity contribution in [2.45, 2.75) is 39.2 Å². The van der Waals surface area contributed by atoms with E-state index in [1.54, 1.807) is 36.1 Å². The lowest BCUT2D eigenvalue weighted by atomic mass is 9.71. The number of imide groups is 1. The van der Waals surface area contributed by atoms with E-state index in [-0.39, 0.29) is 24.8 Å². The molecule has 26 heavy (non-hydrogen) atoms. The van der Waals surface area contributed by atoms with Crippen LogP contribution in [0.4, 0.5) is 10.5 Å². The summed E-state index contributed by atoms with van der Waals surface area (Å²) in [6.07, 6.45) is 0.695. The second kappa shape index (κ2) is 6.39. The summed E-state index contributed by atoms with van der Waals surface area (Å²) in [5.74, 6) is -0.482. The maximum absolute atomic E-state index is 13.2. The standard InChI is InChI=1S/C19H25N3O4/c1-18(2)12-21(11-9-19(18,3)26)16(24)13-6-4-5-7-14(13)22-10-8-15(23)20-17(22)25/h4-7,26H,8-12H2,1-3H3,(H,20,23,25)/t19-/m1/s1. The number of hydrogen-bond donors (Lipinski definition) is 2. The number of amides is 4. The van der Waals surface area contributed by atoms with E-state index in [4.69, 9.17) is 0 Å². The molecule has 0 aromatic heterocycles. The van der Waals surface area contributed by atoms with Gasteiger partial charge in [-0.15, -0.1) is 0 Å². The molecule has 7 heteroatoms. The number of para-hydroxylation sites is 1. The highest BCUT2D eigenvalue weighted by molar-refractivity contribution is 6.09. The van der Waals surface area contributed by atoms with Crippen molar-refractivity contribution in [2.75, 3.05) is 24.5 Å². The maximum atomic E-state index is 13.2. The van der Waals surface area contributed by atoms with Gasteiger partial charge in [-0.1, -0.05) is 26.0 Å². The van der Waals surface area contributed by atoms with Crippen LogP contribution in [0.2, 0.25) is 0 Å². The third-order valence-electron chi connectivity index (χ3n) is 5.68. The van der Waals surface area contributed by atoms with Gasteiger partial charge in [-0.3, -0.25) is 19.8 Å². The average molecular weight is 359 g/mol. The Hall–Kier alpha value is -2.41. The maximum Gasteiger partial charge on any atom is 0.328 e. The zero-order valence-corrected chi connectivity index (χ0v) is 15.4. The molecule has 2 aliphatic heterocycles. The molecule has 2 saturated heterocycles. The average Bonchev–Trinajstić information content (AvgIpc) is 2.57. The number of likely N-dealkylation sites (tertiary alicyclic amines) is 1. The Morgan fingerprint density at radius 3 is 2.50 bits per heavy atom. The van der Waals surface area contributed by atoms with E-state index in [9.17, 15) is 19.5 Å². The van der Waals surface area contributed by atoms with Crippen molar-refractivity contribution in [1.29, 1.82) is 0 Å². The predicted molar refractivity (Wildman–Crippen MR) is 96.9 cm³/mol. The quantitative estimate of drug-likeness (QED) is 0.842. The minimum absolute atomic E-state index is 0.172. The van der Waals surface area contributed by atoms with Gasteiger partial charge in [-0.2, -0.15) is 0 Å². The summed E-state index contributed by atoms with van der Waals surface area (Å²) < 4.78 is 0. The van der Waals surface area contributed by atoms with Crippen molar-refractivity contribution in [3.63, 3.8) is 0 Å². The van der Waals surface area contributed by atoms with E-state index in [0.29, 0.717) is 30.8 Å². The van der Waals surface area contributed by atoms with Crippen molar-refractivity contribution in [2.24, 2.45) is 5.41 Å². The third-order valence-corrected chi connectivity index (χ3v) is 5.68. The fourth-order valence-electron chi connectivity index (χ4n) is 3.45. The van der Waals surface area contributed by atoms with Gasteiger partial charge in [0.15, 0.2) is 0 Å². The summed E-state index contributed by atoms with van der Waals surface area (Å²) in [6, 6.07) is 6.42. The van der Waals surface area contributed by atoms with Gasteiger partial charge < -0.3 is 10.0 Å². The summed E-state index contributed by atoms with van der Waals surface area (Å²) in [4.78, 5) is 39.9. The van der Waals surface area contributed by atoms with Gasteiger partial charge in [0.2, 0.25) is 5.91 Å². The van der Waals surface area contributed by atoms with Crippen LogP contribution in [0.15, 0.2) is 24.3 Å². The summed E-state index contributed by atoms with van der Waals surface area (Å²) in [5, 5.41) is 12.8. The second-order valence-electron chi connectivity index (χ2n) is 7.91. The van der Waals surface area contributed by atoms with Crippen LogP contribution >= 0.6 is 0 Å². The first kappa shape index (κ1) is 18.4. The molecule has 2 heterocycles. The Labute approximate surface area is 153 Å². The molecule has 3 rings (SSSR count). The van der Waals surface area contributed by atoms with Crippen molar-refractivity contribution >= 4 is 23.5 Å². The van der Waals surface area contributed by atoms with Crippen LogP contribution < -0.4 is 10.2 Å². The van der Waals surface area contributed by atoms with E-state index in [0.717, 1.165) is 0 Å². The highest BCUT2D eigenvalue weighted by atomic mass is 16.3. The van der Waals surface area contributed by atoms with Crippen LogP contribution in [-0.2, 0) is 4.79 Å². The molecule has 1 atom stereocenters. The Balaban J connectivity index is 1.87. The molecule has 0 aliphatic carbocycles. The van der Waals surface area contributed by atoms with Crippen LogP contribution in [0.1, 0.15) is 44.0 Å². The third kappa shape index (κ3) is 3.19. The Bertz CT molecular complexity index is 757. The summed E-state index contributed by atoms with van der Waals surface area (Å²) in [6.45, 7) is 6.82. The van der Waals surface area contributed by atoms with Gasteiger partial charge in [0.25, 0.3) is 5.91 Å².